The molecule has 12 nitrogen and oxygen atoms in total. The maximum absolute atomic E-state index is 14.1. The molecule has 4 fully saturated rings. The second kappa shape index (κ2) is 12.8. The molecule has 2 saturated carbocycles. The average Bonchev–Trinajstić information content (AvgIpc) is 3.25. The van der Waals surface area contributed by atoms with Crippen molar-refractivity contribution in [1.29, 1.82) is 0 Å². The number of hydrogen-bond donors (Lipinski definition) is 4. The predicted molar refractivity (Wildman–Crippen MR) is 159 cm³/mol. The number of Topliss-reactive ketones (excluding diaryl/α,β-unsaturated/α-hetero) is 1. The van der Waals surface area contributed by atoms with Crippen molar-refractivity contribution in [3.63, 3.8) is 0 Å². The number of nitrogens with two attached hydrogens (primary N) is 1. The smallest absolute Gasteiger partial charge is 0.315 e. The van der Waals surface area contributed by atoms with Crippen molar-refractivity contribution in [2.45, 2.75) is 104 Å². The number of nitrogens with one attached hydrogen (secondary N) is 3. The molecule has 0 aromatic heterocycles. The van der Waals surface area contributed by atoms with Crippen molar-refractivity contribution in [2.75, 3.05) is 26.2 Å². The van der Waals surface area contributed by atoms with Gasteiger partial charge in [0, 0.05) is 32.6 Å². The maximum Gasteiger partial charge on any atom is 0.315 e. The summed E-state index contributed by atoms with van der Waals surface area (Å²) in [6.07, 6.45) is 6.81. The zero-order valence-electron chi connectivity index (χ0n) is 26.4. The Balaban J connectivity index is 1.43. The first-order valence-corrected chi connectivity index (χ1v) is 15.9. The topological polar surface area (TPSA) is 171 Å². The van der Waals surface area contributed by atoms with Crippen molar-refractivity contribution in [3.8, 4) is 0 Å². The highest BCUT2D eigenvalue weighted by molar-refractivity contribution is 6.37. The molecule has 0 radical (unpaired) electrons. The van der Waals surface area contributed by atoms with Gasteiger partial charge >= 0.3 is 6.03 Å². The van der Waals surface area contributed by atoms with E-state index in [1.165, 1.54) is 11.3 Å². The Hall–Kier alpha value is -3.18. The van der Waals surface area contributed by atoms with E-state index in [4.69, 9.17) is 5.73 Å². The molecule has 240 valence electrons. The van der Waals surface area contributed by atoms with Crippen LogP contribution in [0.4, 0.5) is 4.79 Å². The summed E-state index contributed by atoms with van der Waals surface area (Å²) in [5.74, 6) is -2.07. The normalized spacial score (nSPS) is 25.8. The lowest BCUT2D eigenvalue weighted by Crippen LogP contribution is -2.61. The number of nitrogens with zero attached hydrogens (tertiary/aromatic N) is 2. The van der Waals surface area contributed by atoms with Crippen molar-refractivity contribution >= 4 is 35.4 Å². The van der Waals surface area contributed by atoms with Crippen molar-refractivity contribution in [1.82, 2.24) is 25.8 Å². The number of carbonyl (C=O) groups is 6. The second-order valence-electron chi connectivity index (χ2n) is 14.6. The van der Waals surface area contributed by atoms with Crippen LogP contribution in [0.3, 0.4) is 0 Å². The quantitative estimate of drug-likeness (QED) is 0.232. The molecule has 43 heavy (non-hydrogen) atoms. The number of piperidine rings is 1. The van der Waals surface area contributed by atoms with Gasteiger partial charge in [0.15, 0.2) is 0 Å². The van der Waals surface area contributed by atoms with Gasteiger partial charge < -0.3 is 31.5 Å². The average molecular weight is 603 g/mol. The van der Waals surface area contributed by atoms with Gasteiger partial charge in [-0.05, 0) is 41.4 Å². The highest BCUT2D eigenvalue weighted by atomic mass is 16.2. The fourth-order valence-corrected chi connectivity index (χ4v) is 7.14. The number of amides is 6. The summed E-state index contributed by atoms with van der Waals surface area (Å²) in [4.78, 5) is 80.4. The summed E-state index contributed by atoms with van der Waals surface area (Å²) in [5.41, 5.74) is 4.49. The number of rotatable bonds is 13. The van der Waals surface area contributed by atoms with Gasteiger partial charge in [-0.3, -0.25) is 24.0 Å². The van der Waals surface area contributed by atoms with Gasteiger partial charge in [0.2, 0.25) is 23.5 Å². The van der Waals surface area contributed by atoms with Crippen LogP contribution in [0.25, 0.3) is 0 Å². The fourth-order valence-electron chi connectivity index (χ4n) is 7.14. The highest BCUT2D eigenvalue weighted by Gasteiger charge is 2.69. The molecule has 4 aliphatic rings. The molecule has 12 heteroatoms. The zero-order valence-corrected chi connectivity index (χ0v) is 26.4. The predicted octanol–water partition coefficient (Wildman–Crippen LogP) is 1.32. The molecule has 0 spiro atoms. The molecular weight excluding hydrogens is 552 g/mol. The number of likely N-dealkylation sites (tertiary alicyclic amines) is 2. The summed E-state index contributed by atoms with van der Waals surface area (Å²) in [6, 6.07) is -3.32. The van der Waals surface area contributed by atoms with E-state index in [9.17, 15) is 28.8 Å². The van der Waals surface area contributed by atoms with Crippen LogP contribution in [0.5, 0.6) is 0 Å². The zero-order chi connectivity index (χ0) is 31.7. The summed E-state index contributed by atoms with van der Waals surface area (Å²) in [5, 5.41) is 8.36. The van der Waals surface area contributed by atoms with Gasteiger partial charge in [0.25, 0.3) is 5.91 Å². The van der Waals surface area contributed by atoms with E-state index in [1.54, 1.807) is 4.90 Å². The van der Waals surface area contributed by atoms with E-state index < -0.39 is 47.2 Å². The monoisotopic (exact) mass is 602 g/mol. The number of ketones is 1. The summed E-state index contributed by atoms with van der Waals surface area (Å²) >= 11 is 0. The third-order valence-corrected chi connectivity index (χ3v) is 10.2. The Kier molecular flexibility index (Phi) is 9.76. The Morgan fingerprint density at radius 1 is 1.07 bits per heavy atom. The van der Waals surface area contributed by atoms with Gasteiger partial charge in [-0.2, -0.15) is 0 Å². The molecule has 2 aliphatic heterocycles. The Labute approximate surface area is 254 Å². The first kappa shape index (κ1) is 32.7. The number of urea groups is 1. The fraction of sp³-hybridized carbons (Fsp3) is 0.806. The van der Waals surface area contributed by atoms with Crippen LogP contribution in [-0.2, 0) is 24.0 Å². The molecular formula is C31H50N6O6. The molecule has 1 unspecified atom stereocenters. The third-order valence-electron chi connectivity index (χ3n) is 10.2. The van der Waals surface area contributed by atoms with E-state index >= 15 is 0 Å². The number of carbonyl (C=O) groups excluding carboxylic acids is 6. The lowest BCUT2D eigenvalue weighted by atomic mass is 9.81. The molecule has 0 aromatic rings. The number of fused-ring (bicyclic) bond motifs is 1. The first-order chi connectivity index (χ1) is 20.1. The van der Waals surface area contributed by atoms with E-state index in [0.717, 1.165) is 25.7 Å². The van der Waals surface area contributed by atoms with Crippen LogP contribution in [0.15, 0.2) is 0 Å². The molecule has 2 saturated heterocycles. The van der Waals surface area contributed by atoms with Crippen LogP contribution in [0, 0.1) is 28.6 Å². The molecule has 2 heterocycles. The van der Waals surface area contributed by atoms with Crippen LogP contribution < -0.4 is 21.7 Å². The maximum atomic E-state index is 14.1. The molecule has 2 aliphatic carbocycles. The SMILES string of the molecule is CC(C)(C)[C@H](NC(=O)NCCN1CCCC1=O)C(=O)N1C[C@H]2[C@@H]([C@H]1C(=O)NC(CCCC1CCC1)C(=O)C(N)=O)C2(C)C. The molecule has 0 bridgehead atoms. The van der Waals surface area contributed by atoms with Gasteiger partial charge in [-0.15, -0.1) is 0 Å². The van der Waals surface area contributed by atoms with Gasteiger partial charge in [0.1, 0.15) is 12.1 Å². The molecule has 5 atom stereocenters. The third kappa shape index (κ3) is 7.32. The van der Waals surface area contributed by atoms with Crippen LogP contribution >= 0.6 is 0 Å². The van der Waals surface area contributed by atoms with Crippen LogP contribution in [0.2, 0.25) is 0 Å². The number of primary amides is 1. The van der Waals surface area contributed by atoms with E-state index in [2.05, 4.69) is 29.8 Å². The molecule has 0 aromatic carbocycles. The minimum Gasteiger partial charge on any atom is -0.363 e. The summed E-state index contributed by atoms with van der Waals surface area (Å²) < 4.78 is 0. The Morgan fingerprint density at radius 2 is 1.77 bits per heavy atom. The molecule has 5 N–H and O–H groups in total. The molecule has 4 rings (SSSR count). The molecule has 6 amide bonds. The van der Waals surface area contributed by atoms with Gasteiger partial charge in [-0.1, -0.05) is 66.7 Å². The highest BCUT2D eigenvalue weighted by Crippen LogP contribution is 2.65. The largest absolute Gasteiger partial charge is 0.363 e. The second-order valence-corrected chi connectivity index (χ2v) is 14.6. The summed E-state index contributed by atoms with van der Waals surface area (Å²) in [7, 11) is 0. The Bertz CT molecular complexity index is 1130. The first-order valence-electron chi connectivity index (χ1n) is 15.9. The summed E-state index contributed by atoms with van der Waals surface area (Å²) in [6.45, 7) is 11.4. The van der Waals surface area contributed by atoms with Gasteiger partial charge in [-0.25, -0.2) is 4.79 Å². The van der Waals surface area contributed by atoms with E-state index in [0.29, 0.717) is 44.8 Å². The van der Waals surface area contributed by atoms with Crippen LogP contribution in [-0.4, -0.2) is 89.5 Å². The van der Waals surface area contributed by atoms with Crippen molar-refractivity contribution in [3.05, 3.63) is 0 Å². The van der Waals surface area contributed by atoms with Crippen LogP contribution in [0.1, 0.15) is 86.0 Å². The van der Waals surface area contributed by atoms with Crippen molar-refractivity contribution in [2.24, 2.45) is 34.3 Å². The standard InChI is InChI=1S/C31H50N6O6/c1-30(2,3)25(35-29(43)33-14-16-36-15-8-13-21(36)38)28(42)37-17-19-22(31(19,4)5)23(37)27(41)34-20(24(39)26(32)40)12-7-11-18-9-6-10-18/h18-20,22-23,25H,6-17H2,1-5H3,(H2,32,40)(H,34,41)(H2,33,35,43)/t19-,20?,22-,23-,25+/m0/s1. The van der Waals surface area contributed by atoms with Crippen molar-refractivity contribution < 1.29 is 28.8 Å². The lowest BCUT2D eigenvalue weighted by molar-refractivity contribution is -0.145. The number of hydrogen-bond acceptors (Lipinski definition) is 6. The lowest BCUT2D eigenvalue weighted by Gasteiger charge is -2.38. The van der Waals surface area contributed by atoms with Gasteiger partial charge in [0.05, 0.1) is 6.04 Å². The minimum atomic E-state index is -1.09. The Morgan fingerprint density at radius 3 is 2.33 bits per heavy atom. The van der Waals surface area contributed by atoms with E-state index in [-0.39, 0.29) is 35.6 Å². The minimum absolute atomic E-state index is 0.0722. The van der Waals surface area contributed by atoms with E-state index in [1.807, 2.05) is 20.8 Å².